The van der Waals surface area contributed by atoms with Crippen molar-refractivity contribution >= 4 is 12.6 Å². The first-order valence-corrected chi connectivity index (χ1v) is 6.10. The Morgan fingerprint density at radius 2 is 2.29 bits per heavy atom. The highest BCUT2D eigenvalue weighted by molar-refractivity contribution is 6.64. The van der Waals surface area contributed by atoms with Gasteiger partial charge in [0, 0.05) is 12.0 Å². The van der Waals surface area contributed by atoms with Crippen molar-refractivity contribution in [3.8, 4) is 5.75 Å². The molecular weight excluding hydrogens is 217 g/mol. The zero-order valence-electron chi connectivity index (χ0n) is 9.89. The molecule has 0 saturated carbocycles. The number of hydrogen-bond acceptors (Lipinski definition) is 4. The van der Waals surface area contributed by atoms with E-state index in [2.05, 4.69) is 6.92 Å². The molecule has 2 aliphatic rings. The van der Waals surface area contributed by atoms with Crippen LogP contribution >= 0.6 is 0 Å². The fraction of sp³-hybridized carbons (Fsp3) is 0.500. The summed E-state index contributed by atoms with van der Waals surface area (Å²) >= 11 is 0. The first-order valence-electron chi connectivity index (χ1n) is 6.10. The van der Waals surface area contributed by atoms with Crippen LogP contribution in [-0.4, -0.2) is 26.4 Å². The molecule has 0 amide bonds. The Labute approximate surface area is 101 Å². The lowest BCUT2D eigenvalue weighted by Gasteiger charge is -2.17. The van der Waals surface area contributed by atoms with Crippen LogP contribution in [-0.2, 0) is 9.31 Å². The molecule has 90 valence electrons. The lowest BCUT2D eigenvalue weighted by atomic mass is 9.77. The first-order chi connectivity index (χ1) is 8.33. The van der Waals surface area contributed by atoms with E-state index >= 15 is 0 Å². The van der Waals surface area contributed by atoms with Crippen molar-refractivity contribution in [3.05, 3.63) is 23.8 Å². The van der Waals surface area contributed by atoms with Gasteiger partial charge in [0.1, 0.15) is 12.4 Å². The van der Waals surface area contributed by atoms with E-state index in [1.165, 1.54) is 0 Å². The van der Waals surface area contributed by atoms with Gasteiger partial charge in [-0.1, -0.05) is 19.1 Å². The normalized spacial score (nSPS) is 26.4. The Bertz CT molecular complexity index is 426. The average molecular weight is 233 g/mol. The summed E-state index contributed by atoms with van der Waals surface area (Å²) in [7, 11) is -0.317. The molecule has 2 atom stereocenters. The first kappa shape index (κ1) is 11.1. The highest BCUT2D eigenvalue weighted by atomic mass is 16.6. The van der Waals surface area contributed by atoms with Gasteiger partial charge in [-0.15, -0.1) is 0 Å². The van der Waals surface area contributed by atoms with Gasteiger partial charge in [0.05, 0.1) is 12.2 Å². The SMILES string of the molecule is CC[C@@H]1COc2cccc3c2B(OC3CN)O1. The maximum atomic E-state index is 5.92. The van der Waals surface area contributed by atoms with Crippen LogP contribution in [0.3, 0.4) is 0 Å². The third-order valence-corrected chi connectivity index (χ3v) is 3.38. The number of hydrogen-bond donors (Lipinski definition) is 1. The van der Waals surface area contributed by atoms with Gasteiger partial charge in [0.15, 0.2) is 0 Å². The molecule has 3 rings (SSSR count). The monoisotopic (exact) mass is 233 g/mol. The van der Waals surface area contributed by atoms with Crippen LogP contribution in [0.4, 0.5) is 0 Å². The maximum absolute atomic E-state index is 5.92. The van der Waals surface area contributed by atoms with Gasteiger partial charge in [-0.2, -0.15) is 0 Å². The zero-order chi connectivity index (χ0) is 11.8. The minimum absolute atomic E-state index is 0.0749. The van der Waals surface area contributed by atoms with Gasteiger partial charge in [0.25, 0.3) is 0 Å². The Kier molecular flexibility index (Phi) is 2.82. The van der Waals surface area contributed by atoms with Crippen molar-refractivity contribution in [2.45, 2.75) is 25.6 Å². The fourth-order valence-electron chi connectivity index (χ4n) is 2.40. The van der Waals surface area contributed by atoms with Gasteiger partial charge < -0.3 is 19.8 Å². The molecule has 2 N–H and O–H groups in total. The topological polar surface area (TPSA) is 53.7 Å². The largest absolute Gasteiger partial charge is 0.498 e. The average Bonchev–Trinajstić information content (AvgIpc) is 2.61. The number of nitrogens with two attached hydrogens (primary N) is 1. The summed E-state index contributed by atoms with van der Waals surface area (Å²) in [4.78, 5) is 0. The van der Waals surface area contributed by atoms with Crippen LogP contribution in [0.1, 0.15) is 25.0 Å². The van der Waals surface area contributed by atoms with E-state index in [-0.39, 0.29) is 19.3 Å². The smallest absolute Gasteiger partial charge is 0.491 e. The molecule has 0 saturated heterocycles. The van der Waals surface area contributed by atoms with E-state index in [1.807, 2.05) is 18.2 Å². The molecule has 2 aliphatic heterocycles. The van der Waals surface area contributed by atoms with Crippen molar-refractivity contribution < 1.29 is 14.0 Å². The molecule has 1 unspecified atom stereocenters. The third-order valence-electron chi connectivity index (χ3n) is 3.38. The van der Waals surface area contributed by atoms with E-state index < -0.39 is 0 Å². The van der Waals surface area contributed by atoms with Crippen LogP contribution in [0.5, 0.6) is 5.75 Å². The maximum Gasteiger partial charge on any atom is 0.498 e. The molecule has 2 heterocycles. The number of ether oxygens (including phenoxy) is 1. The molecule has 0 bridgehead atoms. The summed E-state index contributed by atoms with van der Waals surface area (Å²) in [6.45, 7) is 3.13. The quantitative estimate of drug-likeness (QED) is 0.760. The van der Waals surface area contributed by atoms with Crippen molar-refractivity contribution in [3.63, 3.8) is 0 Å². The summed E-state index contributed by atoms with van der Waals surface area (Å²) in [5.41, 5.74) is 7.85. The predicted octanol–water partition coefficient (Wildman–Crippen LogP) is 0.599. The summed E-state index contributed by atoms with van der Waals surface area (Å²) in [5.74, 6) is 0.874. The lowest BCUT2D eigenvalue weighted by Crippen LogP contribution is -2.35. The molecule has 0 spiro atoms. The van der Waals surface area contributed by atoms with E-state index in [4.69, 9.17) is 19.8 Å². The standard InChI is InChI=1S/C12H16BNO3/c1-2-8-7-15-10-5-3-4-9-11(6-14)17-13(16-8)12(9)10/h3-5,8,11H,2,6-7,14H2,1H3/t8-,11?/m1/s1. The fourth-order valence-corrected chi connectivity index (χ4v) is 2.40. The van der Waals surface area contributed by atoms with Gasteiger partial charge in [0.2, 0.25) is 0 Å². The predicted molar refractivity (Wildman–Crippen MR) is 65.4 cm³/mol. The Morgan fingerprint density at radius 1 is 1.41 bits per heavy atom. The third kappa shape index (κ3) is 1.75. The van der Waals surface area contributed by atoms with Crippen molar-refractivity contribution in [1.82, 2.24) is 0 Å². The lowest BCUT2D eigenvalue weighted by molar-refractivity contribution is 0.0884. The summed E-state index contributed by atoms with van der Waals surface area (Å²) in [5, 5.41) is 0. The van der Waals surface area contributed by atoms with E-state index in [9.17, 15) is 0 Å². The van der Waals surface area contributed by atoms with Crippen molar-refractivity contribution in [2.24, 2.45) is 5.73 Å². The van der Waals surface area contributed by atoms with Crippen LogP contribution in [0.2, 0.25) is 0 Å². The second kappa shape index (κ2) is 4.33. The van der Waals surface area contributed by atoms with E-state index in [0.717, 1.165) is 23.2 Å². The van der Waals surface area contributed by atoms with Gasteiger partial charge in [-0.3, -0.25) is 0 Å². The molecule has 0 fully saturated rings. The summed E-state index contributed by atoms with van der Waals surface area (Å²) < 4.78 is 17.6. The van der Waals surface area contributed by atoms with Gasteiger partial charge in [-0.05, 0) is 18.1 Å². The zero-order valence-corrected chi connectivity index (χ0v) is 9.89. The molecule has 17 heavy (non-hydrogen) atoms. The Hall–Kier alpha value is -1.04. The van der Waals surface area contributed by atoms with E-state index in [0.29, 0.717) is 13.2 Å². The van der Waals surface area contributed by atoms with Crippen molar-refractivity contribution in [1.29, 1.82) is 0 Å². The van der Waals surface area contributed by atoms with Crippen LogP contribution in [0, 0.1) is 0 Å². The molecular formula is C12H16BNO3. The molecule has 4 nitrogen and oxygen atoms in total. The van der Waals surface area contributed by atoms with Gasteiger partial charge in [-0.25, -0.2) is 0 Å². The molecule has 0 radical (unpaired) electrons. The molecule has 5 heteroatoms. The summed E-state index contributed by atoms with van der Waals surface area (Å²) in [6, 6.07) is 5.99. The second-order valence-corrected chi connectivity index (χ2v) is 4.43. The second-order valence-electron chi connectivity index (χ2n) is 4.43. The minimum Gasteiger partial charge on any atom is -0.491 e. The van der Waals surface area contributed by atoms with Crippen LogP contribution in [0.15, 0.2) is 18.2 Å². The van der Waals surface area contributed by atoms with Crippen LogP contribution in [0.25, 0.3) is 0 Å². The van der Waals surface area contributed by atoms with Crippen molar-refractivity contribution in [2.75, 3.05) is 13.2 Å². The van der Waals surface area contributed by atoms with E-state index in [1.54, 1.807) is 0 Å². The molecule has 0 aliphatic carbocycles. The highest BCUT2D eigenvalue weighted by Gasteiger charge is 2.42. The molecule has 1 aromatic carbocycles. The minimum atomic E-state index is -0.317. The Morgan fingerprint density at radius 3 is 3.06 bits per heavy atom. The Balaban J connectivity index is 2.02. The van der Waals surface area contributed by atoms with Gasteiger partial charge >= 0.3 is 7.12 Å². The number of benzene rings is 1. The molecule has 1 aromatic rings. The van der Waals surface area contributed by atoms with Crippen LogP contribution < -0.4 is 15.9 Å². The molecule has 0 aromatic heterocycles. The summed E-state index contributed by atoms with van der Waals surface area (Å²) in [6.07, 6.45) is 0.919. The highest BCUT2D eigenvalue weighted by Crippen LogP contribution is 2.30. The number of rotatable bonds is 2.